The van der Waals surface area contributed by atoms with E-state index in [0.717, 1.165) is 28.6 Å². The fraction of sp³-hybridized carbons (Fsp3) is 0.455. The molecule has 0 heterocycles. The third-order valence-electron chi connectivity index (χ3n) is 2.16. The van der Waals surface area contributed by atoms with E-state index in [1.807, 2.05) is 19.2 Å². The van der Waals surface area contributed by atoms with Crippen molar-refractivity contribution in [1.29, 1.82) is 0 Å². The largest absolute Gasteiger partial charge is 0.506 e. The molecule has 0 aromatic heterocycles. The lowest BCUT2D eigenvalue weighted by molar-refractivity contribution is 0.184. The second-order valence-electron chi connectivity index (χ2n) is 3.37. The molecule has 0 atom stereocenters. The highest BCUT2D eigenvalue weighted by Gasteiger charge is 2.07. The number of phenols is 1. The summed E-state index contributed by atoms with van der Waals surface area (Å²) in [4.78, 5) is 0. The minimum Gasteiger partial charge on any atom is -0.506 e. The summed E-state index contributed by atoms with van der Waals surface area (Å²) in [7, 11) is 3.55. The van der Waals surface area contributed by atoms with E-state index in [0.29, 0.717) is 12.4 Å². The van der Waals surface area contributed by atoms with Gasteiger partial charge in [-0.15, -0.1) is 0 Å². The zero-order valence-corrected chi connectivity index (χ0v) is 10.6. The van der Waals surface area contributed by atoms with Crippen LogP contribution in [0.1, 0.15) is 11.1 Å². The number of benzene rings is 1. The lowest BCUT2D eigenvalue weighted by Crippen LogP contribution is -2.10. The summed E-state index contributed by atoms with van der Waals surface area (Å²) >= 11 is 3.33. The minimum absolute atomic E-state index is 0.324. The number of aromatic hydroxyl groups is 1. The molecule has 0 aliphatic rings. The van der Waals surface area contributed by atoms with Crippen molar-refractivity contribution in [2.75, 3.05) is 20.7 Å². The lowest BCUT2D eigenvalue weighted by Gasteiger charge is -2.09. The van der Waals surface area contributed by atoms with Gasteiger partial charge in [0.25, 0.3) is 0 Å². The highest BCUT2D eigenvalue weighted by atomic mass is 79.9. The Morgan fingerprint density at radius 3 is 2.80 bits per heavy atom. The molecule has 0 aliphatic heterocycles. The quantitative estimate of drug-likeness (QED) is 0.863. The first-order chi connectivity index (χ1) is 7.19. The van der Waals surface area contributed by atoms with Crippen LogP contribution >= 0.6 is 15.9 Å². The van der Waals surface area contributed by atoms with Crippen LogP contribution in [0.2, 0.25) is 0 Å². The minimum atomic E-state index is 0.324. The van der Waals surface area contributed by atoms with Gasteiger partial charge in [0, 0.05) is 7.11 Å². The van der Waals surface area contributed by atoms with Gasteiger partial charge in [-0.3, -0.25) is 0 Å². The van der Waals surface area contributed by atoms with Crippen molar-refractivity contribution in [1.82, 2.24) is 5.32 Å². The molecule has 1 aromatic rings. The molecular formula is C11H16BrNO2. The summed E-state index contributed by atoms with van der Waals surface area (Å²) in [6.45, 7) is 1.40. The maximum atomic E-state index is 9.80. The van der Waals surface area contributed by atoms with E-state index in [1.165, 1.54) is 0 Å². The Hall–Kier alpha value is -0.580. The molecule has 0 spiro atoms. The first-order valence-electron chi connectivity index (χ1n) is 4.82. The predicted molar refractivity (Wildman–Crippen MR) is 64.2 cm³/mol. The molecule has 84 valence electrons. The van der Waals surface area contributed by atoms with Gasteiger partial charge in [-0.25, -0.2) is 0 Å². The van der Waals surface area contributed by atoms with Crippen LogP contribution in [0.25, 0.3) is 0 Å². The number of hydrogen-bond donors (Lipinski definition) is 2. The van der Waals surface area contributed by atoms with E-state index in [2.05, 4.69) is 21.2 Å². The molecular weight excluding hydrogens is 258 g/mol. The summed E-state index contributed by atoms with van der Waals surface area (Å²) in [6.07, 6.45) is 0.804. The zero-order chi connectivity index (χ0) is 11.3. The second kappa shape index (κ2) is 6.10. The summed E-state index contributed by atoms with van der Waals surface area (Å²) in [5.74, 6) is 0.324. The molecule has 15 heavy (non-hydrogen) atoms. The van der Waals surface area contributed by atoms with E-state index >= 15 is 0 Å². The third-order valence-corrected chi connectivity index (χ3v) is 2.76. The Labute approximate surface area is 98.6 Å². The molecule has 0 aliphatic carbocycles. The predicted octanol–water partition coefficient (Wildman–Crippen LogP) is 2.06. The summed E-state index contributed by atoms with van der Waals surface area (Å²) in [6, 6.07) is 3.85. The second-order valence-corrected chi connectivity index (χ2v) is 4.23. The molecule has 0 saturated carbocycles. The van der Waals surface area contributed by atoms with Gasteiger partial charge < -0.3 is 15.2 Å². The van der Waals surface area contributed by atoms with Gasteiger partial charge >= 0.3 is 0 Å². The van der Waals surface area contributed by atoms with Crippen molar-refractivity contribution in [3.63, 3.8) is 0 Å². The number of nitrogens with one attached hydrogen (secondary N) is 1. The Morgan fingerprint density at radius 1 is 1.47 bits per heavy atom. The SMILES string of the molecule is CNCCc1cc(COC)cc(Br)c1O. The lowest BCUT2D eigenvalue weighted by atomic mass is 10.1. The average molecular weight is 274 g/mol. The van der Waals surface area contributed by atoms with E-state index in [-0.39, 0.29) is 0 Å². The molecule has 1 rings (SSSR count). The van der Waals surface area contributed by atoms with Crippen molar-refractivity contribution < 1.29 is 9.84 Å². The van der Waals surface area contributed by atoms with Crippen LogP contribution in [0.15, 0.2) is 16.6 Å². The Morgan fingerprint density at radius 2 is 2.20 bits per heavy atom. The summed E-state index contributed by atoms with van der Waals surface area (Å²) in [5, 5.41) is 12.9. The monoisotopic (exact) mass is 273 g/mol. The van der Waals surface area contributed by atoms with Gasteiger partial charge in [-0.1, -0.05) is 0 Å². The fourth-order valence-electron chi connectivity index (χ4n) is 1.42. The van der Waals surface area contributed by atoms with Gasteiger partial charge in [0.2, 0.25) is 0 Å². The molecule has 0 unspecified atom stereocenters. The number of halogens is 1. The van der Waals surface area contributed by atoms with Crippen LogP contribution in [0.4, 0.5) is 0 Å². The van der Waals surface area contributed by atoms with Crippen molar-refractivity contribution in [2.24, 2.45) is 0 Å². The Kier molecular flexibility index (Phi) is 5.08. The molecule has 3 nitrogen and oxygen atoms in total. The highest BCUT2D eigenvalue weighted by Crippen LogP contribution is 2.29. The number of likely N-dealkylation sites (N-methyl/N-ethyl adjacent to an activating group) is 1. The van der Waals surface area contributed by atoms with Crippen LogP contribution in [-0.2, 0) is 17.8 Å². The standard InChI is InChI=1S/C11H16BrNO2/c1-13-4-3-9-5-8(7-15-2)6-10(12)11(9)14/h5-6,13-14H,3-4,7H2,1-2H3. The van der Waals surface area contributed by atoms with Crippen LogP contribution in [0, 0.1) is 0 Å². The number of phenolic OH excluding ortho intramolecular Hbond substituents is 1. The van der Waals surface area contributed by atoms with Crippen molar-refractivity contribution >= 4 is 15.9 Å². The van der Waals surface area contributed by atoms with Crippen molar-refractivity contribution in [2.45, 2.75) is 13.0 Å². The van der Waals surface area contributed by atoms with Gasteiger partial charge in [0.05, 0.1) is 11.1 Å². The van der Waals surface area contributed by atoms with E-state index < -0.39 is 0 Å². The van der Waals surface area contributed by atoms with E-state index in [1.54, 1.807) is 7.11 Å². The number of methoxy groups -OCH3 is 1. The van der Waals surface area contributed by atoms with E-state index in [9.17, 15) is 5.11 Å². The first kappa shape index (κ1) is 12.5. The average Bonchev–Trinajstić information content (AvgIpc) is 2.21. The van der Waals surface area contributed by atoms with Crippen LogP contribution in [0.3, 0.4) is 0 Å². The Bertz CT molecular complexity index is 329. The summed E-state index contributed by atoms with van der Waals surface area (Å²) in [5.41, 5.74) is 2.00. The van der Waals surface area contributed by atoms with Gasteiger partial charge in [0.1, 0.15) is 5.75 Å². The van der Waals surface area contributed by atoms with Gasteiger partial charge in [-0.05, 0) is 59.2 Å². The number of hydrogen-bond acceptors (Lipinski definition) is 3. The molecule has 1 aromatic carbocycles. The topological polar surface area (TPSA) is 41.5 Å². The molecule has 0 fully saturated rings. The maximum absolute atomic E-state index is 9.80. The number of rotatable bonds is 5. The van der Waals surface area contributed by atoms with E-state index in [4.69, 9.17) is 4.74 Å². The smallest absolute Gasteiger partial charge is 0.133 e. The molecule has 4 heteroatoms. The van der Waals surface area contributed by atoms with Crippen molar-refractivity contribution in [3.05, 3.63) is 27.7 Å². The van der Waals surface area contributed by atoms with Gasteiger partial charge in [-0.2, -0.15) is 0 Å². The van der Waals surface area contributed by atoms with Crippen molar-refractivity contribution in [3.8, 4) is 5.75 Å². The molecule has 0 bridgehead atoms. The molecule has 0 amide bonds. The normalized spacial score (nSPS) is 10.6. The maximum Gasteiger partial charge on any atom is 0.133 e. The Balaban J connectivity index is 2.91. The number of ether oxygens (including phenoxy) is 1. The fourth-order valence-corrected chi connectivity index (χ4v) is 1.97. The van der Waals surface area contributed by atoms with Crippen LogP contribution in [0.5, 0.6) is 5.75 Å². The third kappa shape index (κ3) is 3.48. The zero-order valence-electron chi connectivity index (χ0n) is 9.01. The van der Waals surface area contributed by atoms with Crippen LogP contribution in [-0.4, -0.2) is 25.8 Å². The first-order valence-corrected chi connectivity index (χ1v) is 5.62. The van der Waals surface area contributed by atoms with Crippen LogP contribution < -0.4 is 5.32 Å². The van der Waals surface area contributed by atoms with Gasteiger partial charge in [0.15, 0.2) is 0 Å². The molecule has 0 radical (unpaired) electrons. The molecule has 0 saturated heterocycles. The highest BCUT2D eigenvalue weighted by molar-refractivity contribution is 9.10. The summed E-state index contributed by atoms with van der Waals surface area (Å²) < 4.78 is 5.79. The molecule has 2 N–H and O–H groups in total.